The number of rotatable bonds is 7. The van der Waals surface area contributed by atoms with Crippen molar-refractivity contribution in [1.82, 2.24) is 20.1 Å². The molecule has 6 rings (SSSR count). The topological polar surface area (TPSA) is 139 Å². The molecule has 2 N–H and O–H groups in total. The maximum Gasteiger partial charge on any atom is 0.264 e. The van der Waals surface area contributed by atoms with Gasteiger partial charge in [0.25, 0.3) is 11.8 Å². The number of anilines is 2. The van der Waals surface area contributed by atoms with Crippen LogP contribution in [0.4, 0.5) is 11.5 Å². The lowest BCUT2D eigenvalue weighted by Gasteiger charge is -2.35. The standard InChI is InChI=1S/C31H29N7O4/c32-16-22-8-10-26(34-18-22)37-14-12-36(13-15-37)19-21-6-4-20(5-7-21)17-33-24-3-1-2-23-28(24)31(42)38(30(23)41)25-9-11-27(39)35-29(25)40/h1-8,10,18,25,33H,9,11-15,17,19H2,(H,35,39,40). The molecule has 1 aromatic heterocycles. The molecule has 1 unspecified atom stereocenters. The van der Waals surface area contributed by atoms with Crippen molar-refractivity contribution in [2.75, 3.05) is 36.4 Å². The zero-order valence-corrected chi connectivity index (χ0v) is 22.9. The largest absolute Gasteiger partial charge is 0.380 e. The Morgan fingerprint density at radius 1 is 0.929 bits per heavy atom. The number of piperidine rings is 1. The summed E-state index contributed by atoms with van der Waals surface area (Å²) in [6.45, 7) is 4.84. The predicted octanol–water partition coefficient (Wildman–Crippen LogP) is 2.29. The lowest BCUT2D eigenvalue weighted by Crippen LogP contribution is -2.54. The van der Waals surface area contributed by atoms with Gasteiger partial charge in [-0.25, -0.2) is 4.98 Å². The molecule has 42 heavy (non-hydrogen) atoms. The summed E-state index contributed by atoms with van der Waals surface area (Å²) in [5.74, 6) is -1.18. The van der Waals surface area contributed by atoms with Gasteiger partial charge >= 0.3 is 0 Å². The zero-order valence-electron chi connectivity index (χ0n) is 22.9. The van der Waals surface area contributed by atoms with Crippen LogP contribution >= 0.6 is 0 Å². The third kappa shape index (κ3) is 5.32. The molecule has 3 aromatic rings. The molecular formula is C31H29N7O4. The van der Waals surface area contributed by atoms with Gasteiger partial charge < -0.3 is 10.2 Å². The first-order chi connectivity index (χ1) is 20.4. The SMILES string of the molecule is N#Cc1ccc(N2CCN(Cc3ccc(CNc4cccc5c4C(=O)N(C4CCC(=O)NC4=O)C5=O)cc3)CC2)nc1. The highest BCUT2D eigenvalue weighted by Gasteiger charge is 2.45. The highest BCUT2D eigenvalue weighted by molar-refractivity contribution is 6.25. The third-order valence-corrected chi connectivity index (χ3v) is 7.95. The molecule has 0 radical (unpaired) electrons. The molecule has 0 bridgehead atoms. The Balaban J connectivity index is 1.04. The van der Waals surface area contributed by atoms with Crippen LogP contribution in [0.2, 0.25) is 0 Å². The van der Waals surface area contributed by atoms with Crippen LogP contribution in [0, 0.1) is 11.3 Å². The molecule has 2 saturated heterocycles. The molecule has 0 aliphatic carbocycles. The number of fused-ring (bicyclic) bond motifs is 1. The average Bonchev–Trinajstić information content (AvgIpc) is 3.27. The Morgan fingerprint density at radius 2 is 1.69 bits per heavy atom. The van der Waals surface area contributed by atoms with Crippen molar-refractivity contribution < 1.29 is 19.2 Å². The Morgan fingerprint density at radius 3 is 2.38 bits per heavy atom. The average molecular weight is 564 g/mol. The van der Waals surface area contributed by atoms with Crippen LogP contribution < -0.4 is 15.5 Å². The van der Waals surface area contributed by atoms with Gasteiger partial charge in [0.1, 0.15) is 17.9 Å². The smallest absolute Gasteiger partial charge is 0.264 e. The second-order valence-electron chi connectivity index (χ2n) is 10.6. The fraction of sp³-hybridized carbons (Fsp3) is 0.290. The molecule has 1 atom stereocenters. The molecule has 0 spiro atoms. The summed E-state index contributed by atoms with van der Waals surface area (Å²) < 4.78 is 0. The van der Waals surface area contributed by atoms with Gasteiger partial charge in [-0.1, -0.05) is 30.3 Å². The highest BCUT2D eigenvalue weighted by Crippen LogP contribution is 2.32. The van der Waals surface area contributed by atoms with Gasteiger partial charge in [0.05, 0.1) is 16.7 Å². The van der Waals surface area contributed by atoms with Crippen LogP contribution in [-0.2, 0) is 22.7 Å². The Kier molecular flexibility index (Phi) is 7.37. The first-order valence-corrected chi connectivity index (χ1v) is 13.9. The number of benzene rings is 2. The van der Waals surface area contributed by atoms with Gasteiger partial charge in [0.15, 0.2) is 0 Å². The summed E-state index contributed by atoms with van der Waals surface area (Å²) in [4.78, 5) is 60.3. The number of carbonyl (C=O) groups excluding carboxylic acids is 4. The molecule has 212 valence electrons. The van der Waals surface area contributed by atoms with Gasteiger partial charge in [-0.05, 0) is 41.8 Å². The minimum atomic E-state index is -0.994. The van der Waals surface area contributed by atoms with Crippen LogP contribution in [0.3, 0.4) is 0 Å². The van der Waals surface area contributed by atoms with Gasteiger partial charge in [-0.3, -0.25) is 34.3 Å². The summed E-state index contributed by atoms with van der Waals surface area (Å²) in [7, 11) is 0. The van der Waals surface area contributed by atoms with Crippen molar-refractivity contribution in [3.63, 3.8) is 0 Å². The number of nitrogens with one attached hydrogen (secondary N) is 2. The van der Waals surface area contributed by atoms with E-state index in [2.05, 4.69) is 43.6 Å². The quantitative estimate of drug-likeness (QED) is 0.415. The van der Waals surface area contributed by atoms with E-state index in [-0.39, 0.29) is 24.0 Å². The zero-order chi connectivity index (χ0) is 29.2. The van der Waals surface area contributed by atoms with E-state index in [1.165, 1.54) is 5.56 Å². The number of aromatic nitrogens is 1. The number of pyridine rings is 1. The summed E-state index contributed by atoms with van der Waals surface area (Å²) in [6.07, 6.45) is 1.81. The number of hydrogen-bond acceptors (Lipinski definition) is 9. The van der Waals surface area contributed by atoms with E-state index in [4.69, 9.17) is 5.26 Å². The predicted molar refractivity (Wildman–Crippen MR) is 153 cm³/mol. The minimum absolute atomic E-state index is 0.0806. The number of carbonyl (C=O) groups is 4. The van der Waals surface area contributed by atoms with E-state index in [0.717, 1.165) is 49.0 Å². The van der Waals surface area contributed by atoms with E-state index in [1.54, 1.807) is 30.5 Å². The first kappa shape index (κ1) is 27.1. The minimum Gasteiger partial charge on any atom is -0.380 e. The normalized spacial score (nSPS) is 19.0. The molecule has 2 fully saturated rings. The van der Waals surface area contributed by atoms with Gasteiger partial charge in [0.2, 0.25) is 11.8 Å². The van der Waals surface area contributed by atoms with Crippen molar-refractivity contribution in [3.05, 3.63) is 88.6 Å². The van der Waals surface area contributed by atoms with Gasteiger partial charge in [-0.2, -0.15) is 5.26 Å². The molecule has 3 aliphatic rings. The molecule has 4 heterocycles. The molecule has 11 heteroatoms. The second kappa shape index (κ2) is 11.4. The summed E-state index contributed by atoms with van der Waals surface area (Å²) >= 11 is 0. The summed E-state index contributed by atoms with van der Waals surface area (Å²) in [5, 5.41) is 14.5. The lowest BCUT2D eigenvalue weighted by molar-refractivity contribution is -0.136. The van der Waals surface area contributed by atoms with Crippen LogP contribution in [0.1, 0.15) is 50.2 Å². The fourth-order valence-corrected chi connectivity index (χ4v) is 5.65. The molecule has 0 saturated carbocycles. The van der Waals surface area contributed by atoms with Crippen molar-refractivity contribution in [1.29, 1.82) is 5.26 Å². The molecular weight excluding hydrogens is 534 g/mol. The maximum absolute atomic E-state index is 13.3. The highest BCUT2D eigenvalue weighted by atomic mass is 16.2. The van der Waals surface area contributed by atoms with Gasteiger partial charge in [0, 0.05) is 57.6 Å². The summed E-state index contributed by atoms with van der Waals surface area (Å²) in [6, 6.07) is 18.1. The summed E-state index contributed by atoms with van der Waals surface area (Å²) in [5.41, 5.74) is 3.80. The van der Waals surface area contributed by atoms with Crippen LogP contribution in [0.25, 0.3) is 0 Å². The number of amides is 4. The first-order valence-electron chi connectivity index (χ1n) is 13.9. The van der Waals surface area contributed by atoms with Crippen LogP contribution in [-0.4, -0.2) is 70.6 Å². The van der Waals surface area contributed by atoms with Crippen LogP contribution in [0.5, 0.6) is 0 Å². The number of nitrogens with zero attached hydrogens (tertiary/aromatic N) is 5. The third-order valence-electron chi connectivity index (χ3n) is 7.95. The van der Waals surface area contributed by atoms with Crippen molar-refractivity contribution >= 4 is 35.1 Å². The second-order valence-corrected chi connectivity index (χ2v) is 10.6. The Hall–Kier alpha value is -5.08. The molecule has 4 amide bonds. The molecule has 11 nitrogen and oxygen atoms in total. The van der Waals surface area contributed by atoms with E-state index < -0.39 is 29.7 Å². The van der Waals surface area contributed by atoms with Crippen molar-refractivity contribution in [2.24, 2.45) is 0 Å². The Bertz CT molecular complexity index is 1590. The van der Waals surface area contributed by atoms with Crippen molar-refractivity contribution in [2.45, 2.75) is 32.0 Å². The lowest BCUT2D eigenvalue weighted by atomic mass is 10.0. The maximum atomic E-state index is 13.3. The molecule has 3 aliphatic heterocycles. The van der Waals surface area contributed by atoms with E-state index >= 15 is 0 Å². The number of piperazine rings is 1. The monoisotopic (exact) mass is 563 g/mol. The van der Waals surface area contributed by atoms with E-state index in [1.807, 2.05) is 18.2 Å². The fourth-order valence-electron chi connectivity index (χ4n) is 5.65. The Labute approximate surface area is 242 Å². The number of hydrogen-bond donors (Lipinski definition) is 2. The van der Waals surface area contributed by atoms with E-state index in [0.29, 0.717) is 17.8 Å². The van der Waals surface area contributed by atoms with Crippen LogP contribution in [0.15, 0.2) is 60.8 Å². The number of nitriles is 1. The molecule has 2 aromatic carbocycles. The van der Waals surface area contributed by atoms with Crippen molar-refractivity contribution in [3.8, 4) is 6.07 Å². The van der Waals surface area contributed by atoms with Gasteiger partial charge in [-0.15, -0.1) is 0 Å². The van der Waals surface area contributed by atoms with E-state index in [9.17, 15) is 19.2 Å². The number of imide groups is 2.